The molecule has 0 fully saturated rings. The monoisotopic (exact) mass is 882 g/mol. The van der Waals surface area contributed by atoms with Crippen molar-refractivity contribution in [2.75, 3.05) is 172 Å². The van der Waals surface area contributed by atoms with Crippen molar-refractivity contribution in [1.82, 2.24) is 5.32 Å². The molecular formula is C46H91NO14. The number of esters is 1. The van der Waals surface area contributed by atoms with Crippen molar-refractivity contribution >= 4 is 5.97 Å². The van der Waals surface area contributed by atoms with Crippen LogP contribution in [0.15, 0.2) is 12.3 Å². The normalized spacial score (nSPS) is 11.6. The van der Waals surface area contributed by atoms with Crippen LogP contribution in [0.4, 0.5) is 0 Å². The van der Waals surface area contributed by atoms with Crippen LogP contribution in [0, 0.1) is 0 Å². The molecular weight excluding hydrogens is 790 g/mol. The summed E-state index contributed by atoms with van der Waals surface area (Å²) in [5.41, 5.74) is 0. The zero-order valence-corrected chi connectivity index (χ0v) is 38.9. The number of unbranched alkanes of at least 4 members (excludes halogenated alkanes) is 15. The molecule has 364 valence electrons. The fraction of sp³-hybridized carbons (Fsp3) is 0.935. The van der Waals surface area contributed by atoms with E-state index in [1.54, 1.807) is 0 Å². The van der Waals surface area contributed by atoms with Gasteiger partial charge in [-0.3, -0.25) is 0 Å². The van der Waals surface area contributed by atoms with Gasteiger partial charge >= 0.3 is 5.97 Å². The number of carbonyl (C=O) groups excluding carboxylic acids is 1. The quantitative estimate of drug-likeness (QED) is 0.0391. The summed E-state index contributed by atoms with van der Waals surface area (Å²) in [5.74, 6) is -0.403. The second kappa shape index (κ2) is 56.5. The molecule has 0 aromatic rings. The molecule has 0 aliphatic rings. The van der Waals surface area contributed by atoms with Gasteiger partial charge in [0.1, 0.15) is 0 Å². The van der Waals surface area contributed by atoms with Gasteiger partial charge < -0.3 is 66.9 Å². The summed E-state index contributed by atoms with van der Waals surface area (Å²) in [5, 5.41) is 2.93. The smallest absolute Gasteiger partial charge is 0.331 e. The zero-order chi connectivity index (χ0) is 43.9. The van der Waals surface area contributed by atoms with Crippen molar-refractivity contribution < 1.29 is 66.4 Å². The van der Waals surface area contributed by atoms with Crippen LogP contribution in [0.2, 0.25) is 0 Å². The Morgan fingerprint density at radius 3 is 0.820 bits per heavy atom. The number of nitrogens with one attached hydrogen (secondary N) is 1. The highest BCUT2D eigenvalue weighted by Gasteiger charge is 1.99. The van der Waals surface area contributed by atoms with Crippen LogP contribution in [-0.4, -0.2) is 178 Å². The Labute approximate surface area is 371 Å². The van der Waals surface area contributed by atoms with Gasteiger partial charge in [-0.05, 0) is 6.42 Å². The molecule has 15 heteroatoms. The van der Waals surface area contributed by atoms with Crippen LogP contribution in [0.5, 0.6) is 0 Å². The standard InChI is InChI=1S/C46H91NO14/c1-3-4-5-6-7-8-9-10-11-12-13-14-15-16-17-18-22-50-24-26-52-28-30-54-32-34-56-36-38-58-40-42-60-44-45-61-43-41-59-39-37-57-35-33-55-31-29-53-27-25-51-23-21-47-20-19-46(48)49-2/h19-20,47H,3-18,21-45H2,1-2H3/b20-19+. The number of hydrogen-bond donors (Lipinski definition) is 1. The Hall–Kier alpha value is -1.47. The molecule has 0 heterocycles. The van der Waals surface area contributed by atoms with Gasteiger partial charge in [0.15, 0.2) is 0 Å². The van der Waals surface area contributed by atoms with Crippen molar-refractivity contribution in [3.63, 3.8) is 0 Å². The third kappa shape index (κ3) is 56.5. The predicted octanol–water partition coefficient (Wildman–Crippen LogP) is 6.72. The first kappa shape index (κ1) is 59.5. The lowest BCUT2D eigenvalue weighted by atomic mass is 10.0. The Morgan fingerprint density at radius 2 is 0.557 bits per heavy atom. The number of carbonyl (C=O) groups is 1. The molecule has 0 amide bonds. The minimum Gasteiger partial charge on any atom is -0.466 e. The molecule has 15 nitrogen and oxygen atoms in total. The van der Waals surface area contributed by atoms with Gasteiger partial charge in [-0.2, -0.15) is 0 Å². The van der Waals surface area contributed by atoms with E-state index >= 15 is 0 Å². The highest BCUT2D eigenvalue weighted by atomic mass is 16.6. The highest BCUT2D eigenvalue weighted by Crippen LogP contribution is 2.13. The van der Waals surface area contributed by atoms with Gasteiger partial charge in [0.05, 0.1) is 159 Å². The minimum absolute atomic E-state index is 0.403. The van der Waals surface area contributed by atoms with E-state index in [-0.39, 0.29) is 0 Å². The molecule has 0 aliphatic carbocycles. The molecule has 0 atom stereocenters. The maximum atomic E-state index is 10.9. The first-order chi connectivity index (χ1) is 30.3. The van der Waals surface area contributed by atoms with Crippen LogP contribution >= 0.6 is 0 Å². The van der Waals surface area contributed by atoms with E-state index in [0.29, 0.717) is 159 Å². The number of ether oxygens (including phenoxy) is 13. The molecule has 0 aliphatic heterocycles. The van der Waals surface area contributed by atoms with E-state index in [1.807, 2.05) is 0 Å². The molecule has 0 radical (unpaired) electrons. The van der Waals surface area contributed by atoms with E-state index < -0.39 is 5.97 Å². The molecule has 0 bridgehead atoms. The third-order valence-corrected chi connectivity index (χ3v) is 9.16. The molecule has 0 spiro atoms. The van der Waals surface area contributed by atoms with E-state index in [2.05, 4.69) is 17.0 Å². The average molecular weight is 882 g/mol. The fourth-order valence-corrected chi connectivity index (χ4v) is 5.68. The Morgan fingerprint density at radius 1 is 0.328 bits per heavy atom. The molecule has 0 aromatic heterocycles. The van der Waals surface area contributed by atoms with Gasteiger partial charge in [0, 0.05) is 25.4 Å². The van der Waals surface area contributed by atoms with Gasteiger partial charge in [0.2, 0.25) is 0 Å². The van der Waals surface area contributed by atoms with Gasteiger partial charge in [0.25, 0.3) is 0 Å². The molecule has 0 saturated heterocycles. The highest BCUT2D eigenvalue weighted by molar-refractivity contribution is 5.81. The lowest BCUT2D eigenvalue weighted by molar-refractivity contribution is -0.134. The zero-order valence-electron chi connectivity index (χ0n) is 38.9. The first-order valence-electron chi connectivity index (χ1n) is 23.7. The van der Waals surface area contributed by atoms with Crippen molar-refractivity contribution in [3.8, 4) is 0 Å². The van der Waals surface area contributed by atoms with E-state index in [9.17, 15) is 4.79 Å². The SMILES string of the molecule is CCCCCCCCCCCCCCCCCCOCCOCCOCCOCCOCCOCCOCCOCCOCCOCCOCCOCCN/C=C/C(=O)OC. The molecule has 0 unspecified atom stereocenters. The Bertz CT molecular complexity index is 844. The van der Waals surface area contributed by atoms with Crippen molar-refractivity contribution in [3.05, 3.63) is 12.3 Å². The van der Waals surface area contributed by atoms with E-state index in [0.717, 1.165) is 13.0 Å². The van der Waals surface area contributed by atoms with Crippen molar-refractivity contribution in [2.24, 2.45) is 0 Å². The lowest BCUT2D eigenvalue weighted by Gasteiger charge is -2.09. The Balaban J connectivity index is 3.08. The molecule has 61 heavy (non-hydrogen) atoms. The molecule has 0 aromatic carbocycles. The minimum atomic E-state index is -0.403. The summed E-state index contributed by atoms with van der Waals surface area (Å²) in [7, 11) is 1.33. The lowest BCUT2D eigenvalue weighted by Crippen LogP contribution is -2.17. The summed E-state index contributed by atoms with van der Waals surface area (Å²) in [4.78, 5) is 10.9. The Kier molecular flexibility index (Phi) is 55.2. The summed E-state index contributed by atoms with van der Waals surface area (Å²) in [6.45, 7) is 15.7. The van der Waals surface area contributed by atoms with E-state index in [4.69, 9.17) is 56.8 Å². The topological polar surface area (TPSA) is 149 Å². The fourth-order valence-electron chi connectivity index (χ4n) is 5.68. The van der Waals surface area contributed by atoms with Crippen molar-refractivity contribution in [2.45, 2.75) is 110 Å². The van der Waals surface area contributed by atoms with Gasteiger partial charge in [-0.15, -0.1) is 0 Å². The van der Waals surface area contributed by atoms with Crippen LogP contribution in [0.3, 0.4) is 0 Å². The molecule has 1 N–H and O–H groups in total. The summed E-state index contributed by atoms with van der Waals surface area (Å²) < 4.78 is 70.7. The van der Waals surface area contributed by atoms with Crippen LogP contribution in [0.25, 0.3) is 0 Å². The predicted molar refractivity (Wildman–Crippen MR) is 239 cm³/mol. The van der Waals surface area contributed by atoms with Crippen LogP contribution < -0.4 is 5.32 Å². The van der Waals surface area contributed by atoms with Crippen molar-refractivity contribution in [1.29, 1.82) is 0 Å². The molecule has 0 saturated carbocycles. The summed E-state index contributed by atoms with van der Waals surface area (Å²) in [6, 6.07) is 0. The first-order valence-corrected chi connectivity index (χ1v) is 23.7. The summed E-state index contributed by atoms with van der Waals surface area (Å²) >= 11 is 0. The van der Waals surface area contributed by atoms with Crippen LogP contribution in [0.1, 0.15) is 110 Å². The summed E-state index contributed by atoms with van der Waals surface area (Å²) in [6.07, 6.45) is 25.0. The average Bonchev–Trinajstić information content (AvgIpc) is 3.27. The maximum Gasteiger partial charge on any atom is 0.331 e. The van der Waals surface area contributed by atoms with E-state index in [1.165, 1.54) is 116 Å². The van der Waals surface area contributed by atoms with Gasteiger partial charge in [-0.1, -0.05) is 103 Å². The maximum absolute atomic E-state index is 10.9. The third-order valence-electron chi connectivity index (χ3n) is 9.16. The number of hydrogen-bond acceptors (Lipinski definition) is 15. The largest absolute Gasteiger partial charge is 0.466 e. The second-order valence-corrected chi connectivity index (χ2v) is 14.5. The van der Waals surface area contributed by atoms with Gasteiger partial charge in [-0.25, -0.2) is 4.79 Å². The molecule has 0 rings (SSSR count). The number of rotatable bonds is 55. The second-order valence-electron chi connectivity index (χ2n) is 14.5. The van der Waals surface area contributed by atoms with Crippen LogP contribution in [-0.2, 0) is 66.4 Å². The number of methoxy groups -OCH3 is 1.